The number of hydrogen-bond acceptors (Lipinski definition) is 8. The van der Waals surface area contributed by atoms with E-state index in [0.29, 0.717) is 11.9 Å². The zero-order chi connectivity index (χ0) is 15.2. The van der Waals surface area contributed by atoms with Crippen LogP contribution in [0.4, 0.5) is 17.8 Å². The summed E-state index contributed by atoms with van der Waals surface area (Å²) >= 11 is 0. The van der Waals surface area contributed by atoms with Gasteiger partial charge in [0.25, 0.3) is 0 Å². The first-order valence-corrected chi connectivity index (χ1v) is 7.52. The van der Waals surface area contributed by atoms with Crippen LogP contribution in [0.3, 0.4) is 0 Å². The molecule has 0 spiro atoms. The van der Waals surface area contributed by atoms with Gasteiger partial charge >= 0.3 is 0 Å². The Morgan fingerprint density at radius 3 is 2.33 bits per heavy atom. The van der Waals surface area contributed by atoms with E-state index in [-0.39, 0.29) is 12.6 Å². The van der Waals surface area contributed by atoms with Gasteiger partial charge in [-0.1, -0.05) is 0 Å². The molecule has 118 valence electrons. The molecule has 0 saturated carbocycles. The molecule has 0 bridgehead atoms. The lowest BCUT2D eigenvalue weighted by atomic mass is 10.3. The molecule has 1 aromatic rings. The minimum atomic E-state index is 0.199. The first kappa shape index (κ1) is 15.7. The maximum Gasteiger partial charge on any atom is 0.232 e. The number of hydrogen-bond donors (Lipinski definition) is 2. The molecule has 0 amide bonds. The van der Waals surface area contributed by atoms with E-state index in [9.17, 15) is 0 Å². The van der Waals surface area contributed by atoms with Crippen LogP contribution in [0.25, 0.3) is 0 Å². The fourth-order valence-electron chi connectivity index (χ4n) is 2.47. The average Bonchev–Trinajstić information content (AvgIpc) is 2.49. The maximum absolute atomic E-state index is 8.98. The molecule has 0 atom stereocenters. The molecule has 3 N–H and O–H groups in total. The van der Waals surface area contributed by atoms with Crippen molar-refractivity contribution < 1.29 is 5.11 Å². The largest absolute Gasteiger partial charge is 0.395 e. The highest BCUT2D eigenvalue weighted by molar-refractivity contribution is 5.43. The van der Waals surface area contributed by atoms with Crippen LogP contribution in [0, 0.1) is 0 Å². The zero-order valence-electron chi connectivity index (χ0n) is 12.9. The van der Waals surface area contributed by atoms with Crippen LogP contribution in [-0.2, 0) is 0 Å². The summed E-state index contributed by atoms with van der Waals surface area (Å²) in [6.45, 7) is 10.2. The summed E-state index contributed by atoms with van der Waals surface area (Å²) in [5.41, 5.74) is 5.83. The van der Waals surface area contributed by atoms with E-state index in [4.69, 9.17) is 10.8 Å². The molecule has 2 heterocycles. The fourth-order valence-corrected chi connectivity index (χ4v) is 2.47. The maximum atomic E-state index is 8.98. The highest BCUT2D eigenvalue weighted by atomic mass is 16.3. The van der Waals surface area contributed by atoms with Gasteiger partial charge in [-0.05, 0) is 13.8 Å². The van der Waals surface area contributed by atoms with E-state index in [1.807, 2.05) is 0 Å². The van der Waals surface area contributed by atoms with Crippen molar-refractivity contribution in [2.45, 2.75) is 13.8 Å². The average molecular weight is 295 g/mol. The molecule has 0 radical (unpaired) electrons. The Morgan fingerprint density at radius 2 is 1.76 bits per heavy atom. The van der Waals surface area contributed by atoms with Crippen LogP contribution in [-0.4, -0.2) is 77.4 Å². The van der Waals surface area contributed by atoms with Crippen molar-refractivity contribution in [3.63, 3.8) is 0 Å². The van der Waals surface area contributed by atoms with Crippen molar-refractivity contribution in [3.05, 3.63) is 0 Å². The van der Waals surface area contributed by atoms with Crippen LogP contribution in [0.2, 0.25) is 0 Å². The lowest BCUT2D eigenvalue weighted by molar-refractivity contribution is 0.188. The summed E-state index contributed by atoms with van der Waals surface area (Å²) in [5, 5.41) is 8.98. The fraction of sp³-hybridized carbons (Fsp3) is 0.769. The van der Waals surface area contributed by atoms with Gasteiger partial charge in [0.2, 0.25) is 17.8 Å². The van der Waals surface area contributed by atoms with Crippen molar-refractivity contribution in [1.82, 2.24) is 19.9 Å². The monoisotopic (exact) mass is 295 g/mol. The second-order valence-corrected chi connectivity index (χ2v) is 5.02. The third-order valence-corrected chi connectivity index (χ3v) is 3.75. The van der Waals surface area contributed by atoms with Crippen LogP contribution < -0.4 is 15.5 Å². The Morgan fingerprint density at radius 1 is 1.10 bits per heavy atom. The molecule has 0 aliphatic carbocycles. The number of nitrogen functional groups attached to an aromatic ring is 1. The van der Waals surface area contributed by atoms with Gasteiger partial charge in [0.05, 0.1) is 6.61 Å². The van der Waals surface area contributed by atoms with Gasteiger partial charge in [0, 0.05) is 45.8 Å². The van der Waals surface area contributed by atoms with Gasteiger partial charge in [-0.3, -0.25) is 4.90 Å². The first-order valence-electron chi connectivity index (χ1n) is 7.52. The van der Waals surface area contributed by atoms with Crippen LogP contribution in [0.1, 0.15) is 13.8 Å². The van der Waals surface area contributed by atoms with Crippen molar-refractivity contribution in [1.29, 1.82) is 0 Å². The minimum absolute atomic E-state index is 0.199. The lowest BCUT2D eigenvalue weighted by Crippen LogP contribution is -2.48. The molecular weight excluding hydrogens is 270 g/mol. The van der Waals surface area contributed by atoms with E-state index >= 15 is 0 Å². The summed E-state index contributed by atoms with van der Waals surface area (Å²) < 4.78 is 0. The first-order chi connectivity index (χ1) is 10.2. The van der Waals surface area contributed by atoms with Gasteiger partial charge in [-0.2, -0.15) is 15.0 Å². The summed E-state index contributed by atoms with van der Waals surface area (Å²) in [4.78, 5) is 19.5. The molecule has 2 rings (SSSR count). The number of β-amino-alcohol motifs (C(OH)–C–C–N with tert-alkyl or cyclic N) is 1. The molecule has 1 saturated heterocycles. The van der Waals surface area contributed by atoms with Crippen LogP contribution >= 0.6 is 0 Å². The number of aliphatic hydroxyl groups is 1. The quantitative estimate of drug-likeness (QED) is 0.719. The van der Waals surface area contributed by atoms with E-state index in [1.165, 1.54) is 0 Å². The smallest absolute Gasteiger partial charge is 0.232 e. The van der Waals surface area contributed by atoms with E-state index in [2.05, 4.69) is 43.5 Å². The van der Waals surface area contributed by atoms with Gasteiger partial charge in [-0.15, -0.1) is 0 Å². The molecular formula is C13H25N7O. The number of aliphatic hydroxyl groups excluding tert-OH is 1. The number of rotatable bonds is 6. The summed E-state index contributed by atoms with van der Waals surface area (Å²) in [6, 6.07) is 0. The summed E-state index contributed by atoms with van der Waals surface area (Å²) in [5.74, 6) is 1.55. The van der Waals surface area contributed by atoms with Crippen LogP contribution in [0.15, 0.2) is 0 Å². The second-order valence-electron chi connectivity index (χ2n) is 5.02. The number of anilines is 3. The van der Waals surface area contributed by atoms with Gasteiger partial charge in [0.1, 0.15) is 0 Å². The van der Waals surface area contributed by atoms with Gasteiger partial charge in [0.15, 0.2) is 0 Å². The van der Waals surface area contributed by atoms with Gasteiger partial charge in [-0.25, -0.2) is 0 Å². The highest BCUT2D eigenvalue weighted by Crippen LogP contribution is 2.16. The molecule has 21 heavy (non-hydrogen) atoms. The molecule has 0 aromatic carbocycles. The second kappa shape index (κ2) is 7.37. The standard InChI is InChI=1S/C13H25N7O/c1-3-19(4-2)12-15-11(14)16-13(17-12)20-7-5-18(6-8-20)9-10-21/h21H,3-10H2,1-2H3,(H2,14,15,16,17). The predicted octanol–water partition coefficient (Wildman–Crippen LogP) is -0.586. The molecule has 8 nitrogen and oxygen atoms in total. The molecule has 1 aromatic heterocycles. The molecule has 1 aliphatic rings. The third-order valence-electron chi connectivity index (χ3n) is 3.75. The van der Waals surface area contributed by atoms with E-state index < -0.39 is 0 Å². The Balaban J connectivity index is 2.10. The van der Waals surface area contributed by atoms with Gasteiger partial charge < -0.3 is 20.6 Å². The van der Waals surface area contributed by atoms with Crippen molar-refractivity contribution in [3.8, 4) is 0 Å². The number of aromatic nitrogens is 3. The zero-order valence-corrected chi connectivity index (χ0v) is 12.9. The highest BCUT2D eigenvalue weighted by Gasteiger charge is 2.20. The van der Waals surface area contributed by atoms with Crippen molar-refractivity contribution in [2.75, 3.05) is 68.0 Å². The van der Waals surface area contributed by atoms with Crippen molar-refractivity contribution in [2.24, 2.45) is 0 Å². The molecule has 1 fully saturated rings. The topological polar surface area (TPSA) is 94.6 Å². The summed E-state index contributed by atoms with van der Waals surface area (Å²) in [6.07, 6.45) is 0. The Labute approximate surface area is 125 Å². The van der Waals surface area contributed by atoms with E-state index in [0.717, 1.165) is 45.8 Å². The van der Waals surface area contributed by atoms with E-state index in [1.54, 1.807) is 0 Å². The normalized spacial score (nSPS) is 16.2. The Bertz CT molecular complexity index is 444. The molecule has 0 unspecified atom stereocenters. The number of nitrogens with zero attached hydrogens (tertiary/aromatic N) is 6. The Hall–Kier alpha value is -1.67. The molecule has 1 aliphatic heterocycles. The number of piperazine rings is 1. The van der Waals surface area contributed by atoms with Crippen LogP contribution in [0.5, 0.6) is 0 Å². The SMILES string of the molecule is CCN(CC)c1nc(N)nc(N2CCN(CCO)CC2)n1. The third kappa shape index (κ3) is 3.92. The molecule has 8 heteroatoms. The van der Waals surface area contributed by atoms with Crippen molar-refractivity contribution >= 4 is 17.8 Å². The Kier molecular flexibility index (Phi) is 5.51. The number of nitrogens with two attached hydrogens (primary N) is 1. The minimum Gasteiger partial charge on any atom is -0.395 e. The summed E-state index contributed by atoms with van der Waals surface area (Å²) in [7, 11) is 0. The lowest BCUT2D eigenvalue weighted by Gasteiger charge is -2.34. The predicted molar refractivity (Wildman–Crippen MR) is 83.5 cm³/mol.